The minimum absolute atomic E-state index is 0.00830. The normalized spacial score (nSPS) is 49.4. The maximum atomic E-state index is 10.3. The van der Waals surface area contributed by atoms with Crippen LogP contribution < -0.4 is 0 Å². The van der Waals surface area contributed by atoms with Gasteiger partial charge in [0.25, 0.3) is 0 Å². The molecule has 4 fully saturated rings. The highest BCUT2D eigenvalue weighted by Crippen LogP contribution is 2.68. The summed E-state index contributed by atoms with van der Waals surface area (Å²) >= 11 is 0. The van der Waals surface area contributed by atoms with E-state index in [0.717, 1.165) is 54.3 Å². The highest BCUT2D eigenvalue weighted by Gasteiger charge is 2.60. The van der Waals surface area contributed by atoms with E-state index in [1.807, 2.05) is 0 Å². The average Bonchev–Trinajstić information content (AvgIpc) is 2.99. The summed E-state index contributed by atoms with van der Waals surface area (Å²) in [4.78, 5) is 0. The van der Waals surface area contributed by atoms with E-state index in [2.05, 4.69) is 34.6 Å². The Morgan fingerprint density at radius 2 is 1.54 bits per heavy atom. The first kappa shape index (κ1) is 21.2. The molecule has 162 valence electrons. The highest BCUT2D eigenvalue weighted by molar-refractivity contribution is 5.09. The van der Waals surface area contributed by atoms with Gasteiger partial charge in [-0.05, 0) is 110 Å². The van der Waals surface area contributed by atoms with Crippen molar-refractivity contribution in [3.63, 3.8) is 0 Å². The Bertz CT molecular complexity index is 540. The van der Waals surface area contributed by atoms with Crippen LogP contribution in [0.1, 0.15) is 112 Å². The molecular weight excluding hydrogens is 340 g/mol. The Morgan fingerprint density at radius 1 is 0.821 bits per heavy atom. The second kappa shape index (κ2) is 7.90. The van der Waals surface area contributed by atoms with Crippen LogP contribution in [0.25, 0.3) is 0 Å². The first-order valence-corrected chi connectivity index (χ1v) is 12.9. The van der Waals surface area contributed by atoms with E-state index in [0.29, 0.717) is 10.8 Å². The fourth-order valence-corrected chi connectivity index (χ4v) is 9.26. The molecule has 0 saturated heterocycles. The predicted octanol–water partition coefficient (Wildman–Crippen LogP) is 7.47. The van der Waals surface area contributed by atoms with Crippen molar-refractivity contribution in [1.82, 2.24) is 0 Å². The Hall–Kier alpha value is -0.0400. The summed E-state index contributed by atoms with van der Waals surface area (Å²) in [5.74, 6) is 6.49. The Labute approximate surface area is 175 Å². The van der Waals surface area contributed by atoms with Gasteiger partial charge in [0.1, 0.15) is 0 Å². The third-order valence-electron chi connectivity index (χ3n) is 10.8. The molecule has 1 heteroatoms. The second-order valence-electron chi connectivity index (χ2n) is 12.6. The van der Waals surface area contributed by atoms with Crippen LogP contribution in [0.5, 0.6) is 0 Å². The van der Waals surface area contributed by atoms with Gasteiger partial charge in [0.2, 0.25) is 0 Å². The van der Waals surface area contributed by atoms with Crippen LogP contribution in [0.3, 0.4) is 0 Å². The van der Waals surface area contributed by atoms with Gasteiger partial charge in [0, 0.05) is 0 Å². The van der Waals surface area contributed by atoms with E-state index >= 15 is 0 Å². The standard InChI is InChI=1S/C27H48O/c1-18(2)7-6-8-19(3)23-11-12-24-22-10-9-20-17-21(28)13-15-26(20,4)25(22)14-16-27(23,24)5/h18-25,28H,6-17H2,1-5H3/t19-,20?,21?,22+,23?,24?,25+,26+,27-/m1/s1. The monoisotopic (exact) mass is 388 g/mol. The quantitative estimate of drug-likeness (QED) is 0.518. The zero-order valence-corrected chi connectivity index (χ0v) is 19.6. The van der Waals surface area contributed by atoms with E-state index in [-0.39, 0.29) is 6.10 Å². The lowest BCUT2D eigenvalue weighted by molar-refractivity contribution is -0.129. The molecule has 1 N–H and O–H groups in total. The van der Waals surface area contributed by atoms with E-state index in [9.17, 15) is 5.11 Å². The molecule has 0 aromatic rings. The fourth-order valence-electron chi connectivity index (χ4n) is 9.26. The Balaban J connectivity index is 1.46. The van der Waals surface area contributed by atoms with Crippen molar-refractivity contribution in [3.05, 3.63) is 0 Å². The molecule has 4 rings (SSSR count). The minimum Gasteiger partial charge on any atom is -0.393 e. The maximum absolute atomic E-state index is 10.3. The minimum atomic E-state index is -0.00830. The molecule has 4 saturated carbocycles. The van der Waals surface area contributed by atoms with Crippen molar-refractivity contribution in [1.29, 1.82) is 0 Å². The molecule has 0 aromatic carbocycles. The number of hydrogen-bond donors (Lipinski definition) is 1. The number of aliphatic hydroxyl groups excluding tert-OH is 1. The molecule has 9 atom stereocenters. The number of fused-ring (bicyclic) bond motifs is 5. The average molecular weight is 389 g/mol. The topological polar surface area (TPSA) is 20.2 Å². The van der Waals surface area contributed by atoms with Crippen molar-refractivity contribution in [3.8, 4) is 0 Å². The summed E-state index contributed by atoms with van der Waals surface area (Å²) in [6.45, 7) is 12.7. The Morgan fingerprint density at radius 3 is 2.29 bits per heavy atom. The maximum Gasteiger partial charge on any atom is 0.0543 e. The SMILES string of the molecule is CC(C)CCC[C@@H](C)C1CCC2[C@@H]3CCC4CC(O)CC[C@]4(C)[C@H]3CC[C@]12C. The zero-order chi connectivity index (χ0) is 20.1. The number of hydrogen-bond acceptors (Lipinski definition) is 1. The summed E-state index contributed by atoms with van der Waals surface area (Å²) in [5, 5.41) is 10.3. The van der Waals surface area contributed by atoms with Crippen molar-refractivity contribution in [2.75, 3.05) is 0 Å². The summed E-state index contributed by atoms with van der Waals surface area (Å²) in [6, 6.07) is 0. The van der Waals surface area contributed by atoms with Gasteiger partial charge in [-0.2, -0.15) is 0 Å². The van der Waals surface area contributed by atoms with Gasteiger partial charge in [-0.3, -0.25) is 0 Å². The Kier molecular flexibility index (Phi) is 5.98. The van der Waals surface area contributed by atoms with Gasteiger partial charge < -0.3 is 5.11 Å². The summed E-state index contributed by atoms with van der Waals surface area (Å²) in [7, 11) is 0. The largest absolute Gasteiger partial charge is 0.393 e. The van der Waals surface area contributed by atoms with Gasteiger partial charge >= 0.3 is 0 Å². The summed E-state index contributed by atoms with van der Waals surface area (Å²) in [6.07, 6.45) is 16.6. The second-order valence-corrected chi connectivity index (χ2v) is 12.6. The lowest BCUT2D eigenvalue weighted by atomic mass is 9.44. The number of rotatable bonds is 5. The van der Waals surface area contributed by atoms with Crippen molar-refractivity contribution in [2.24, 2.45) is 52.3 Å². The molecular formula is C27H48O. The van der Waals surface area contributed by atoms with Crippen LogP contribution in [0.15, 0.2) is 0 Å². The molecule has 0 bridgehead atoms. The molecule has 4 aliphatic carbocycles. The van der Waals surface area contributed by atoms with Crippen molar-refractivity contribution >= 4 is 0 Å². The molecule has 28 heavy (non-hydrogen) atoms. The first-order valence-electron chi connectivity index (χ1n) is 12.9. The van der Waals surface area contributed by atoms with Crippen molar-refractivity contribution in [2.45, 2.75) is 118 Å². The molecule has 0 heterocycles. The third kappa shape index (κ3) is 3.50. The smallest absolute Gasteiger partial charge is 0.0543 e. The van der Waals surface area contributed by atoms with Crippen LogP contribution >= 0.6 is 0 Å². The van der Waals surface area contributed by atoms with E-state index < -0.39 is 0 Å². The summed E-state index contributed by atoms with van der Waals surface area (Å²) < 4.78 is 0. The van der Waals surface area contributed by atoms with E-state index in [4.69, 9.17) is 0 Å². The molecule has 0 aliphatic heterocycles. The van der Waals surface area contributed by atoms with Crippen LogP contribution in [-0.2, 0) is 0 Å². The van der Waals surface area contributed by atoms with Crippen LogP contribution in [0.4, 0.5) is 0 Å². The van der Waals surface area contributed by atoms with Crippen LogP contribution in [-0.4, -0.2) is 11.2 Å². The summed E-state index contributed by atoms with van der Waals surface area (Å²) in [5.41, 5.74) is 1.15. The number of aliphatic hydroxyl groups is 1. The lowest BCUT2D eigenvalue weighted by Crippen LogP contribution is -2.54. The van der Waals surface area contributed by atoms with Crippen LogP contribution in [0.2, 0.25) is 0 Å². The third-order valence-corrected chi connectivity index (χ3v) is 10.8. The van der Waals surface area contributed by atoms with Gasteiger partial charge in [-0.15, -0.1) is 0 Å². The molecule has 4 aliphatic rings. The zero-order valence-electron chi connectivity index (χ0n) is 19.6. The first-order chi connectivity index (χ1) is 13.3. The highest BCUT2D eigenvalue weighted by atomic mass is 16.3. The van der Waals surface area contributed by atoms with Crippen LogP contribution in [0, 0.1) is 52.3 Å². The molecule has 0 spiro atoms. The van der Waals surface area contributed by atoms with Gasteiger partial charge in [0.15, 0.2) is 0 Å². The lowest BCUT2D eigenvalue weighted by Gasteiger charge is -2.61. The van der Waals surface area contributed by atoms with Gasteiger partial charge in [-0.1, -0.05) is 53.9 Å². The van der Waals surface area contributed by atoms with E-state index in [1.54, 1.807) is 0 Å². The van der Waals surface area contributed by atoms with Gasteiger partial charge in [-0.25, -0.2) is 0 Å². The fraction of sp³-hybridized carbons (Fsp3) is 1.00. The molecule has 0 aromatic heterocycles. The molecule has 1 nitrogen and oxygen atoms in total. The molecule has 0 radical (unpaired) electrons. The van der Waals surface area contributed by atoms with E-state index in [1.165, 1.54) is 64.2 Å². The predicted molar refractivity (Wildman–Crippen MR) is 119 cm³/mol. The van der Waals surface area contributed by atoms with Gasteiger partial charge in [0.05, 0.1) is 6.10 Å². The molecule has 4 unspecified atom stereocenters. The molecule has 0 amide bonds. The van der Waals surface area contributed by atoms with Crippen molar-refractivity contribution < 1.29 is 5.11 Å².